The number of nitrogens with one attached hydrogen (secondary N) is 1. The highest BCUT2D eigenvalue weighted by Crippen LogP contribution is 2.37. The minimum absolute atomic E-state index is 0.130. The molecule has 3 N–H and O–H groups in total. The lowest BCUT2D eigenvalue weighted by Gasteiger charge is -2.17. The van der Waals surface area contributed by atoms with Crippen LogP contribution in [0.1, 0.15) is 39.2 Å². The number of amides is 2. The SMILES string of the molecule is CN(CC(=O)Nc1sc2c(c1C(N)=O)CCCC2)Cc1ccc2ccccc2c1. The third kappa shape index (κ3) is 4.33. The van der Waals surface area contributed by atoms with Crippen LogP contribution in [0.15, 0.2) is 42.5 Å². The van der Waals surface area contributed by atoms with Crippen LogP contribution in [-0.4, -0.2) is 30.3 Å². The standard InChI is InChI=1S/C23H25N3O2S/c1-26(13-15-10-11-16-6-2-3-7-17(16)12-15)14-20(27)25-23-21(22(24)28)18-8-4-5-9-19(18)29-23/h2-3,6-7,10-12H,4-5,8-9,13-14H2,1H3,(H2,24,28)(H,25,27). The van der Waals surface area contributed by atoms with Gasteiger partial charge in [0.25, 0.3) is 5.91 Å². The summed E-state index contributed by atoms with van der Waals surface area (Å²) in [6.45, 7) is 0.912. The Morgan fingerprint density at radius 2 is 1.86 bits per heavy atom. The smallest absolute Gasteiger partial charge is 0.251 e. The summed E-state index contributed by atoms with van der Waals surface area (Å²) in [4.78, 5) is 27.7. The van der Waals surface area contributed by atoms with Gasteiger partial charge >= 0.3 is 0 Å². The Hall–Kier alpha value is -2.70. The number of nitrogens with two attached hydrogens (primary N) is 1. The van der Waals surface area contributed by atoms with Crippen LogP contribution in [0.5, 0.6) is 0 Å². The number of hydrogen-bond acceptors (Lipinski definition) is 4. The topological polar surface area (TPSA) is 75.4 Å². The van der Waals surface area contributed by atoms with Crippen LogP contribution in [0.4, 0.5) is 5.00 Å². The molecule has 0 aliphatic heterocycles. The van der Waals surface area contributed by atoms with Gasteiger partial charge in [-0.1, -0.05) is 36.4 Å². The fourth-order valence-corrected chi connectivity index (χ4v) is 5.34. The van der Waals surface area contributed by atoms with Crippen molar-refractivity contribution in [2.45, 2.75) is 32.2 Å². The Bertz CT molecular complexity index is 1070. The first-order chi connectivity index (χ1) is 14.0. The molecule has 0 saturated carbocycles. The van der Waals surface area contributed by atoms with Crippen molar-refractivity contribution in [1.29, 1.82) is 0 Å². The van der Waals surface area contributed by atoms with Gasteiger partial charge in [-0.3, -0.25) is 14.5 Å². The average Bonchev–Trinajstić information content (AvgIpc) is 3.05. The van der Waals surface area contributed by atoms with E-state index in [9.17, 15) is 9.59 Å². The summed E-state index contributed by atoms with van der Waals surface area (Å²) in [5.74, 6) is -0.585. The van der Waals surface area contributed by atoms with E-state index in [1.54, 1.807) is 0 Å². The van der Waals surface area contributed by atoms with Crippen molar-refractivity contribution in [3.05, 3.63) is 64.0 Å². The second kappa shape index (κ2) is 8.35. The maximum Gasteiger partial charge on any atom is 0.251 e. The molecule has 1 aliphatic carbocycles. The van der Waals surface area contributed by atoms with Crippen LogP contribution in [0.3, 0.4) is 0 Å². The van der Waals surface area contributed by atoms with Crippen LogP contribution >= 0.6 is 11.3 Å². The molecule has 0 fully saturated rings. The molecule has 1 aromatic heterocycles. The van der Waals surface area contributed by atoms with E-state index in [-0.39, 0.29) is 12.5 Å². The molecule has 1 heterocycles. The number of primary amides is 1. The number of likely N-dealkylation sites (N-methyl/N-ethyl adjacent to an activating group) is 1. The van der Waals surface area contributed by atoms with Crippen molar-refractivity contribution in [1.82, 2.24) is 4.90 Å². The van der Waals surface area contributed by atoms with Gasteiger partial charge < -0.3 is 11.1 Å². The quantitative estimate of drug-likeness (QED) is 0.650. The van der Waals surface area contributed by atoms with Gasteiger partial charge in [-0.2, -0.15) is 0 Å². The molecule has 0 atom stereocenters. The molecule has 4 rings (SSSR count). The summed E-state index contributed by atoms with van der Waals surface area (Å²) in [5.41, 5.74) is 8.31. The zero-order chi connectivity index (χ0) is 20.4. The van der Waals surface area contributed by atoms with Crippen molar-refractivity contribution in [3.63, 3.8) is 0 Å². The largest absolute Gasteiger partial charge is 0.365 e. The van der Waals surface area contributed by atoms with Gasteiger partial charge in [-0.05, 0) is 60.7 Å². The summed E-state index contributed by atoms with van der Waals surface area (Å²) >= 11 is 1.50. The monoisotopic (exact) mass is 407 g/mol. The lowest BCUT2D eigenvalue weighted by molar-refractivity contribution is -0.117. The summed E-state index contributed by atoms with van der Waals surface area (Å²) < 4.78 is 0. The first kappa shape index (κ1) is 19.6. The molecule has 0 bridgehead atoms. The second-order valence-corrected chi connectivity index (χ2v) is 8.79. The van der Waals surface area contributed by atoms with Crippen LogP contribution < -0.4 is 11.1 Å². The molecule has 3 aromatic rings. The third-order valence-corrected chi connectivity index (χ3v) is 6.56. The van der Waals surface area contributed by atoms with Gasteiger partial charge in [0.2, 0.25) is 5.91 Å². The Morgan fingerprint density at radius 1 is 1.10 bits per heavy atom. The molecule has 2 aromatic carbocycles. The van der Waals surface area contributed by atoms with Gasteiger partial charge in [-0.25, -0.2) is 0 Å². The molecule has 150 valence electrons. The molecule has 0 unspecified atom stereocenters. The predicted octanol–water partition coefficient (Wildman–Crippen LogP) is 3.95. The number of nitrogens with zero attached hydrogens (tertiary/aromatic N) is 1. The number of carbonyl (C=O) groups excluding carboxylic acids is 2. The molecular weight excluding hydrogens is 382 g/mol. The second-order valence-electron chi connectivity index (χ2n) is 7.68. The van der Waals surface area contributed by atoms with E-state index in [0.29, 0.717) is 17.1 Å². The maximum atomic E-state index is 12.6. The van der Waals surface area contributed by atoms with Crippen LogP contribution in [0.2, 0.25) is 0 Å². The minimum atomic E-state index is -0.454. The number of thiophene rings is 1. The van der Waals surface area contributed by atoms with E-state index in [0.717, 1.165) is 36.8 Å². The molecule has 0 saturated heterocycles. The lowest BCUT2D eigenvalue weighted by Crippen LogP contribution is -2.30. The highest BCUT2D eigenvalue weighted by Gasteiger charge is 2.25. The average molecular weight is 408 g/mol. The normalized spacial score (nSPS) is 13.4. The fourth-order valence-electron chi connectivity index (χ4n) is 4.03. The summed E-state index contributed by atoms with van der Waals surface area (Å²) in [6.07, 6.45) is 4.00. The number of benzene rings is 2. The molecule has 29 heavy (non-hydrogen) atoms. The molecule has 0 radical (unpaired) electrons. The fraction of sp³-hybridized carbons (Fsp3) is 0.304. The van der Waals surface area contributed by atoms with E-state index in [1.165, 1.54) is 27.0 Å². The maximum absolute atomic E-state index is 12.6. The molecule has 6 heteroatoms. The van der Waals surface area contributed by atoms with Crippen LogP contribution in [-0.2, 0) is 24.2 Å². The van der Waals surface area contributed by atoms with E-state index < -0.39 is 5.91 Å². The van der Waals surface area contributed by atoms with Crippen LogP contribution in [0, 0.1) is 0 Å². The lowest BCUT2D eigenvalue weighted by atomic mass is 9.95. The van der Waals surface area contributed by atoms with Crippen molar-refractivity contribution < 1.29 is 9.59 Å². The zero-order valence-electron chi connectivity index (χ0n) is 16.5. The first-order valence-electron chi connectivity index (χ1n) is 9.91. The Kier molecular flexibility index (Phi) is 5.65. The van der Waals surface area contributed by atoms with Gasteiger partial charge in [0.05, 0.1) is 12.1 Å². The number of aryl methyl sites for hydroxylation is 1. The van der Waals surface area contributed by atoms with Gasteiger partial charge in [-0.15, -0.1) is 11.3 Å². The van der Waals surface area contributed by atoms with Gasteiger partial charge in [0, 0.05) is 11.4 Å². The molecule has 1 aliphatic rings. The molecule has 0 spiro atoms. The van der Waals surface area contributed by atoms with Crippen molar-refractivity contribution in [3.8, 4) is 0 Å². The minimum Gasteiger partial charge on any atom is -0.365 e. The van der Waals surface area contributed by atoms with Crippen molar-refractivity contribution in [2.75, 3.05) is 18.9 Å². The summed E-state index contributed by atoms with van der Waals surface area (Å²) in [7, 11) is 1.92. The third-order valence-electron chi connectivity index (χ3n) is 5.35. The highest BCUT2D eigenvalue weighted by atomic mass is 32.1. The van der Waals surface area contributed by atoms with Crippen molar-refractivity contribution >= 4 is 38.9 Å². The number of carbonyl (C=O) groups is 2. The predicted molar refractivity (Wildman–Crippen MR) is 118 cm³/mol. The Labute approximate surface area is 174 Å². The Morgan fingerprint density at radius 3 is 2.66 bits per heavy atom. The summed E-state index contributed by atoms with van der Waals surface area (Å²) in [6, 6.07) is 14.6. The van der Waals surface area contributed by atoms with Crippen LogP contribution in [0.25, 0.3) is 10.8 Å². The number of fused-ring (bicyclic) bond motifs is 2. The van der Waals surface area contributed by atoms with E-state index >= 15 is 0 Å². The number of rotatable bonds is 6. The summed E-state index contributed by atoms with van der Waals surface area (Å²) in [5, 5.41) is 5.94. The van der Waals surface area contributed by atoms with E-state index in [2.05, 4.69) is 35.6 Å². The van der Waals surface area contributed by atoms with E-state index in [1.807, 2.05) is 24.1 Å². The number of anilines is 1. The first-order valence-corrected chi connectivity index (χ1v) is 10.7. The van der Waals surface area contributed by atoms with E-state index in [4.69, 9.17) is 5.73 Å². The van der Waals surface area contributed by atoms with Gasteiger partial charge in [0.1, 0.15) is 5.00 Å². The molecule has 2 amide bonds. The Balaban J connectivity index is 1.42. The molecule has 5 nitrogen and oxygen atoms in total. The van der Waals surface area contributed by atoms with Gasteiger partial charge in [0.15, 0.2) is 0 Å². The highest BCUT2D eigenvalue weighted by molar-refractivity contribution is 7.17. The van der Waals surface area contributed by atoms with Crippen molar-refractivity contribution in [2.24, 2.45) is 5.73 Å². The zero-order valence-corrected chi connectivity index (χ0v) is 17.3. The number of hydrogen-bond donors (Lipinski definition) is 2. The molecular formula is C23H25N3O2S.